The van der Waals surface area contributed by atoms with Gasteiger partial charge in [-0.3, -0.25) is 0 Å². The number of hydrogen-bond acceptors (Lipinski definition) is 4. The minimum absolute atomic E-state index is 0.133. The summed E-state index contributed by atoms with van der Waals surface area (Å²) in [5, 5.41) is 0. The van der Waals surface area contributed by atoms with Crippen LogP contribution in [0.2, 0.25) is 0 Å². The number of hydrogen-bond donors (Lipinski definition) is 1. The average molecular weight is 302 g/mol. The maximum absolute atomic E-state index is 11.3. The third kappa shape index (κ3) is 5.07. The Morgan fingerprint density at radius 1 is 1.21 bits per heavy atom. The van der Waals surface area contributed by atoms with Gasteiger partial charge >= 0.3 is 0 Å². The topological polar surface area (TPSA) is 43.4 Å². The molecule has 0 aliphatic heterocycles. The summed E-state index contributed by atoms with van der Waals surface area (Å²) in [7, 11) is -3.15. The van der Waals surface area contributed by atoms with Crippen molar-refractivity contribution in [3.63, 3.8) is 0 Å². The van der Waals surface area contributed by atoms with Crippen LogP contribution in [0.25, 0.3) is 0 Å². The largest absolute Gasteiger partial charge is 0.493 e. The van der Waals surface area contributed by atoms with Gasteiger partial charge in [-0.15, -0.1) is 0 Å². The van der Waals surface area contributed by atoms with E-state index in [0.29, 0.717) is 23.2 Å². The van der Waals surface area contributed by atoms with Crippen molar-refractivity contribution in [2.75, 3.05) is 18.6 Å². The highest BCUT2D eigenvalue weighted by Crippen LogP contribution is 2.27. The Morgan fingerprint density at radius 3 is 2.11 bits per heavy atom. The second-order valence-electron chi connectivity index (χ2n) is 5.80. The minimum atomic E-state index is -3.15. The quantitative estimate of drug-likeness (QED) is 0.850. The fraction of sp³-hybridized carbons (Fsp3) is 0.571. The summed E-state index contributed by atoms with van der Waals surface area (Å²) in [4.78, 5) is 0.307. The van der Waals surface area contributed by atoms with Crippen LogP contribution >= 0.6 is 12.6 Å². The molecule has 0 spiro atoms. The van der Waals surface area contributed by atoms with E-state index in [4.69, 9.17) is 4.74 Å². The van der Waals surface area contributed by atoms with E-state index in [0.717, 1.165) is 5.75 Å². The van der Waals surface area contributed by atoms with Crippen molar-refractivity contribution in [2.24, 2.45) is 11.3 Å². The monoisotopic (exact) mass is 302 g/mol. The lowest BCUT2D eigenvalue weighted by atomic mass is 9.82. The Hall–Kier alpha value is -0.680. The molecule has 0 aliphatic carbocycles. The van der Waals surface area contributed by atoms with E-state index in [2.05, 4.69) is 33.4 Å². The highest BCUT2D eigenvalue weighted by Gasteiger charge is 2.23. The number of rotatable bonds is 5. The van der Waals surface area contributed by atoms with E-state index in [1.165, 1.54) is 6.26 Å². The van der Waals surface area contributed by atoms with E-state index in [9.17, 15) is 8.42 Å². The van der Waals surface area contributed by atoms with E-state index in [-0.39, 0.29) is 5.41 Å². The molecule has 0 aromatic heterocycles. The fourth-order valence-corrected chi connectivity index (χ4v) is 2.84. The van der Waals surface area contributed by atoms with E-state index >= 15 is 0 Å². The van der Waals surface area contributed by atoms with Crippen LogP contribution in [-0.4, -0.2) is 27.0 Å². The summed E-state index contributed by atoms with van der Waals surface area (Å²) in [6.45, 7) is 7.04. The van der Waals surface area contributed by atoms with Crippen LogP contribution in [0.4, 0.5) is 0 Å². The highest BCUT2D eigenvalue weighted by atomic mass is 32.2. The van der Waals surface area contributed by atoms with Gasteiger partial charge in [-0.1, -0.05) is 20.8 Å². The van der Waals surface area contributed by atoms with Gasteiger partial charge in [0.05, 0.1) is 11.5 Å². The lowest BCUT2D eigenvalue weighted by Gasteiger charge is -2.29. The Morgan fingerprint density at radius 2 is 1.74 bits per heavy atom. The summed E-state index contributed by atoms with van der Waals surface area (Å²) in [6.07, 6.45) is 1.19. The molecule has 0 aliphatic rings. The molecule has 5 heteroatoms. The summed E-state index contributed by atoms with van der Waals surface area (Å²) in [5.41, 5.74) is 0.133. The molecule has 19 heavy (non-hydrogen) atoms. The van der Waals surface area contributed by atoms with Gasteiger partial charge in [-0.25, -0.2) is 8.42 Å². The van der Waals surface area contributed by atoms with Crippen molar-refractivity contribution >= 4 is 22.5 Å². The molecule has 1 rings (SSSR count). The summed E-state index contributed by atoms with van der Waals surface area (Å²) in [6, 6.07) is 6.51. The van der Waals surface area contributed by atoms with E-state index in [1.54, 1.807) is 24.3 Å². The Labute approximate surface area is 121 Å². The lowest BCUT2D eigenvalue weighted by molar-refractivity contribution is 0.165. The first-order chi connectivity index (χ1) is 8.64. The standard InChI is InChI=1S/C14H22O3S2/c1-14(2,3)11(10-18)9-17-12-5-7-13(8-6-12)19(4,15)16/h5-8,11,18H,9-10H2,1-4H3. The van der Waals surface area contributed by atoms with Crippen molar-refractivity contribution < 1.29 is 13.2 Å². The zero-order chi connectivity index (χ0) is 14.7. The number of sulfone groups is 1. The van der Waals surface area contributed by atoms with Crippen LogP contribution in [-0.2, 0) is 9.84 Å². The Bertz CT molecular complexity index is 498. The van der Waals surface area contributed by atoms with Crippen LogP contribution in [0.1, 0.15) is 20.8 Å². The molecule has 0 radical (unpaired) electrons. The smallest absolute Gasteiger partial charge is 0.175 e. The SMILES string of the molecule is CC(C)(C)C(CS)COc1ccc(S(C)(=O)=O)cc1. The number of thiol groups is 1. The van der Waals surface area contributed by atoms with Crippen molar-refractivity contribution in [3.05, 3.63) is 24.3 Å². The normalized spacial score (nSPS) is 14.2. The maximum atomic E-state index is 11.3. The van der Waals surface area contributed by atoms with Crippen LogP contribution in [0, 0.1) is 11.3 Å². The first kappa shape index (κ1) is 16.4. The van der Waals surface area contributed by atoms with Gasteiger partial charge in [0.2, 0.25) is 0 Å². The molecule has 0 N–H and O–H groups in total. The van der Waals surface area contributed by atoms with Crippen LogP contribution in [0.3, 0.4) is 0 Å². The van der Waals surface area contributed by atoms with E-state index in [1.807, 2.05) is 0 Å². The molecule has 3 nitrogen and oxygen atoms in total. The molecule has 0 bridgehead atoms. The highest BCUT2D eigenvalue weighted by molar-refractivity contribution is 7.90. The van der Waals surface area contributed by atoms with Crippen LogP contribution in [0.15, 0.2) is 29.2 Å². The number of ether oxygens (including phenoxy) is 1. The molecule has 108 valence electrons. The molecule has 0 amide bonds. The van der Waals surface area contributed by atoms with Gasteiger partial charge < -0.3 is 4.74 Å². The molecule has 0 saturated carbocycles. The van der Waals surface area contributed by atoms with Gasteiger partial charge in [0.1, 0.15) is 5.75 Å². The van der Waals surface area contributed by atoms with Gasteiger partial charge in [-0.2, -0.15) is 12.6 Å². The second kappa shape index (κ2) is 6.18. The zero-order valence-electron chi connectivity index (χ0n) is 11.9. The predicted molar refractivity (Wildman–Crippen MR) is 81.8 cm³/mol. The Kier molecular flexibility index (Phi) is 5.33. The molecule has 0 heterocycles. The molecular formula is C14H22O3S2. The first-order valence-electron chi connectivity index (χ1n) is 6.18. The molecule has 0 fully saturated rings. The van der Waals surface area contributed by atoms with Crippen molar-refractivity contribution in [2.45, 2.75) is 25.7 Å². The van der Waals surface area contributed by atoms with Crippen LogP contribution in [0.5, 0.6) is 5.75 Å². The summed E-state index contributed by atoms with van der Waals surface area (Å²) < 4.78 is 28.4. The van der Waals surface area contributed by atoms with Gasteiger partial charge in [0, 0.05) is 12.2 Å². The van der Waals surface area contributed by atoms with Gasteiger partial charge in [0.25, 0.3) is 0 Å². The van der Waals surface area contributed by atoms with Crippen molar-refractivity contribution in [1.29, 1.82) is 0 Å². The lowest BCUT2D eigenvalue weighted by Crippen LogP contribution is -2.28. The molecule has 1 aromatic rings. The molecule has 1 atom stereocenters. The second-order valence-corrected chi connectivity index (χ2v) is 8.18. The summed E-state index contributed by atoms with van der Waals surface area (Å²) in [5.74, 6) is 1.78. The first-order valence-corrected chi connectivity index (χ1v) is 8.71. The minimum Gasteiger partial charge on any atom is -0.493 e. The Balaban J connectivity index is 2.69. The van der Waals surface area contributed by atoms with E-state index < -0.39 is 9.84 Å². The molecular weight excluding hydrogens is 280 g/mol. The van der Waals surface area contributed by atoms with Crippen LogP contribution < -0.4 is 4.74 Å². The van der Waals surface area contributed by atoms with Gasteiger partial charge in [0.15, 0.2) is 9.84 Å². The molecule has 1 unspecified atom stereocenters. The van der Waals surface area contributed by atoms with Gasteiger partial charge in [-0.05, 0) is 35.4 Å². The predicted octanol–water partition coefficient (Wildman–Crippen LogP) is 3.06. The van der Waals surface area contributed by atoms with Crippen molar-refractivity contribution in [3.8, 4) is 5.75 Å². The molecule has 1 aromatic carbocycles. The third-order valence-corrected chi connectivity index (χ3v) is 4.72. The number of benzene rings is 1. The zero-order valence-corrected chi connectivity index (χ0v) is 13.6. The van der Waals surface area contributed by atoms with Crippen molar-refractivity contribution in [1.82, 2.24) is 0 Å². The summed E-state index contributed by atoms with van der Waals surface area (Å²) >= 11 is 4.35. The average Bonchev–Trinajstić information content (AvgIpc) is 2.27. The maximum Gasteiger partial charge on any atom is 0.175 e. The fourth-order valence-electron chi connectivity index (χ4n) is 1.56. The third-order valence-electron chi connectivity index (χ3n) is 3.15. The molecule has 0 saturated heterocycles.